The number of hydrogen-bond acceptors (Lipinski definition) is 3. The van der Waals surface area contributed by atoms with E-state index in [4.69, 9.17) is 9.84 Å². The van der Waals surface area contributed by atoms with Crippen molar-refractivity contribution in [3.8, 4) is 5.75 Å². The van der Waals surface area contributed by atoms with Gasteiger partial charge in [0.15, 0.2) is 0 Å². The average molecular weight is 357 g/mol. The van der Waals surface area contributed by atoms with Gasteiger partial charge in [-0.3, -0.25) is 4.79 Å². The highest BCUT2D eigenvalue weighted by molar-refractivity contribution is 5.94. The number of nitrogens with one attached hydrogen (secondary N) is 2. The molecule has 0 saturated carbocycles. The van der Waals surface area contributed by atoms with Crippen molar-refractivity contribution in [1.82, 2.24) is 15.2 Å². The van der Waals surface area contributed by atoms with Crippen molar-refractivity contribution in [1.29, 1.82) is 0 Å². The summed E-state index contributed by atoms with van der Waals surface area (Å²) in [6.45, 7) is 1.55. The summed E-state index contributed by atoms with van der Waals surface area (Å²) in [6, 6.07) is 5.79. The molecule has 1 aromatic carbocycles. The van der Waals surface area contributed by atoms with Crippen LogP contribution in [-0.4, -0.2) is 53.7 Å². The summed E-state index contributed by atoms with van der Waals surface area (Å²) in [5, 5.41) is 12.5. The van der Waals surface area contributed by atoms with Gasteiger partial charge in [0.2, 0.25) is 0 Å². The van der Waals surface area contributed by atoms with Gasteiger partial charge in [-0.05, 0) is 36.6 Å². The van der Waals surface area contributed by atoms with Crippen LogP contribution in [0, 0.1) is 0 Å². The highest BCUT2D eigenvalue weighted by Crippen LogP contribution is 2.31. The van der Waals surface area contributed by atoms with Crippen LogP contribution in [0.5, 0.6) is 5.75 Å². The van der Waals surface area contributed by atoms with Gasteiger partial charge in [-0.1, -0.05) is 6.08 Å². The summed E-state index contributed by atoms with van der Waals surface area (Å²) in [6.07, 6.45) is 5.34. The Hall–Kier alpha value is -2.96. The van der Waals surface area contributed by atoms with Gasteiger partial charge in [-0.15, -0.1) is 0 Å². The molecule has 3 N–H and O–H groups in total. The Balaban J connectivity index is 1.62. The fourth-order valence-electron chi connectivity index (χ4n) is 3.14. The molecule has 0 saturated heterocycles. The van der Waals surface area contributed by atoms with Crippen LogP contribution in [0.4, 0.5) is 4.79 Å². The minimum absolute atomic E-state index is 0.0638. The highest BCUT2D eigenvalue weighted by atomic mass is 16.5. The van der Waals surface area contributed by atoms with Crippen LogP contribution in [0.3, 0.4) is 0 Å². The van der Waals surface area contributed by atoms with Crippen LogP contribution in [-0.2, 0) is 4.79 Å². The van der Waals surface area contributed by atoms with Gasteiger partial charge in [0.25, 0.3) is 0 Å². The summed E-state index contributed by atoms with van der Waals surface area (Å²) >= 11 is 0. The number of H-pyrrole nitrogens is 1. The van der Waals surface area contributed by atoms with Gasteiger partial charge >= 0.3 is 12.0 Å². The zero-order chi connectivity index (χ0) is 18.5. The second kappa shape index (κ2) is 7.95. The zero-order valence-electron chi connectivity index (χ0n) is 14.7. The number of amides is 2. The van der Waals surface area contributed by atoms with Gasteiger partial charge in [0.1, 0.15) is 5.75 Å². The molecule has 0 bridgehead atoms. The van der Waals surface area contributed by atoms with Crippen LogP contribution in [0.1, 0.15) is 24.8 Å². The van der Waals surface area contributed by atoms with Crippen molar-refractivity contribution in [2.75, 3.05) is 26.7 Å². The normalized spacial score (nSPS) is 14.2. The maximum Gasteiger partial charge on any atom is 0.317 e. The number of rotatable bonds is 6. The number of benzene rings is 1. The summed E-state index contributed by atoms with van der Waals surface area (Å²) in [5.74, 6) is -0.0303. The van der Waals surface area contributed by atoms with E-state index in [0.29, 0.717) is 26.1 Å². The van der Waals surface area contributed by atoms with Crippen molar-refractivity contribution in [2.24, 2.45) is 0 Å². The van der Waals surface area contributed by atoms with Crippen molar-refractivity contribution < 1.29 is 19.4 Å². The molecule has 0 spiro atoms. The van der Waals surface area contributed by atoms with Crippen LogP contribution in [0.15, 0.2) is 30.5 Å². The zero-order valence-corrected chi connectivity index (χ0v) is 14.7. The molecule has 0 radical (unpaired) electrons. The SMILES string of the molecule is COc1ccc2[nH]cc(C3=CCN(C(=O)NCCCC(=O)O)CC3)c2c1. The van der Waals surface area contributed by atoms with Gasteiger partial charge < -0.3 is 25.0 Å². The summed E-state index contributed by atoms with van der Waals surface area (Å²) < 4.78 is 5.31. The van der Waals surface area contributed by atoms with Gasteiger partial charge in [-0.25, -0.2) is 4.79 Å². The number of ether oxygens (including phenoxy) is 1. The number of carboxylic acid groups (broad SMARTS) is 1. The minimum Gasteiger partial charge on any atom is -0.497 e. The standard InChI is InChI=1S/C19H23N3O4/c1-26-14-4-5-17-15(11-14)16(12-21-17)13-6-9-22(10-7-13)19(25)20-8-2-3-18(23)24/h4-6,11-12,21H,2-3,7-10H2,1H3,(H,20,25)(H,23,24). The number of fused-ring (bicyclic) bond motifs is 1. The van der Waals surface area contributed by atoms with Gasteiger partial charge in [0, 0.05) is 48.7 Å². The second-order valence-electron chi connectivity index (χ2n) is 6.27. The lowest BCUT2D eigenvalue weighted by molar-refractivity contribution is -0.137. The first-order valence-electron chi connectivity index (χ1n) is 8.67. The molecular weight excluding hydrogens is 334 g/mol. The first-order valence-corrected chi connectivity index (χ1v) is 8.67. The van der Waals surface area contributed by atoms with E-state index in [1.54, 1.807) is 12.0 Å². The number of urea groups is 1. The van der Waals surface area contributed by atoms with Crippen molar-refractivity contribution in [2.45, 2.75) is 19.3 Å². The van der Waals surface area contributed by atoms with E-state index in [0.717, 1.165) is 28.6 Å². The molecule has 0 aliphatic carbocycles. The molecule has 2 aromatic rings. The molecular formula is C19H23N3O4. The molecule has 1 aromatic heterocycles. The number of carbonyl (C=O) groups is 2. The molecule has 7 nitrogen and oxygen atoms in total. The molecule has 3 rings (SSSR count). The number of nitrogens with zero attached hydrogens (tertiary/aromatic N) is 1. The molecule has 0 unspecified atom stereocenters. The topological polar surface area (TPSA) is 94.7 Å². The number of carbonyl (C=O) groups excluding carboxylic acids is 1. The van der Waals surface area contributed by atoms with Crippen LogP contribution in [0.2, 0.25) is 0 Å². The van der Waals surface area contributed by atoms with Crippen LogP contribution < -0.4 is 10.1 Å². The second-order valence-corrected chi connectivity index (χ2v) is 6.27. The summed E-state index contributed by atoms with van der Waals surface area (Å²) in [4.78, 5) is 27.6. The van der Waals surface area contributed by atoms with Crippen molar-refractivity contribution in [3.05, 3.63) is 36.0 Å². The number of aromatic nitrogens is 1. The average Bonchev–Trinajstić information content (AvgIpc) is 3.08. The maximum atomic E-state index is 12.1. The monoisotopic (exact) mass is 357 g/mol. The van der Waals surface area contributed by atoms with Crippen molar-refractivity contribution in [3.63, 3.8) is 0 Å². The Labute approximate surface area is 151 Å². The fraction of sp³-hybridized carbons (Fsp3) is 0.368. The van der Waals surface area contributed by atoms with Crippen LogP contribution >= 0.6 is 0 Å². The van der Waals surface area contributed by atoms with E-state index in [1.165, 1.54) is 5.57 Å². The third kappa shape index (κ3) is 3.99. The van der Waals surface area contributed by atoms with Gasteiger partial charge in [-0.2, -0.15) is 0 Å². The van der Waals surface area contributed by atoms with Crippen LogP contribution in [0.25, 0.3) is 16.5 Å². The third-order valence-electron chi connectivity index (χ3n) is 4.57. The molecule has 0 atom stereocenters. The van der Waals surface area contributed by atoms with E-state index in [2.05, 4.69) is 16.4 Å². The number of aromatic amines is 1. The molecule has 1 aliphatic rings. The first-order chi connectivity index (χ1) is 12.6. The Bertz CT molecular complexity index is 840. The molecule has 138 valence electrons. The Morgan fingerprint density at radius 3 is 2.92 bits per heavy atom. The summed E-state index contributed by atoms with van der Waals surface area (Å²) in [5.41, 5.74) is 3.40. The van der Waals surface area contributed by atoms with E-state index in [-0.39, 0.29) is 12.5 Å². The highest BCUT2D eigenvalue weighted by Gasteiger charge is 2.19. The molecule has 1 aliphatic heterocycles. The largest absolute Gasteiger partial charge is 0.497 e. The molecule has 2 amide bonds. The lowest BCUT2D eigenvalue weighted by atomic mass is 9.99. The number of aliphatic carboxylic acids is 1. The van der Waals surface area contributed by atoms with E-state index in [9.17, 15) is 9.59 Å². The Morgan fingerprint density at radius 1 is 1.38 bits per heavy atom. The molecule has 26 heavy (non-hydrogen) atoms. The third-order valence-corrected chi connectivity index (χ3v) is 4.57. The molecule has 7 heteroatoms. The Morgan fingerprint density at radius 2 is 2.23 bits per heavy atom. The number of methoxy groups -OCH3 is 1. The van der Waals surface area contributed by atoms with E-state index >= 15 is 0 Å². The Kier molecular flexibility index (Phi) is 5.46. The predicted molar refractivity (Wildman–Crippen MR) is 99.3 cm³/mol. The van der Waals surface area contributed by atoms with Gasteiger partial charge in [0.05, 0.1) is 7.11 Å². The lowest BCUT2D eigenvalue weighted by Crippen LogP contribution is -2.42. The smallest absolute Gasteiger partial charge is 0.317 e. The number of hydrogen-bond donors (Lipinski definition) is 3. The quantitative estimate of drug-likeness (QED) is 0.693. The lowest BCUT2D eigenvalue weighted by Gasteiger charge is -2.26. The molecule has 0 fully saturated rings. The maximum absolute atomic E-state index is 12.1. The summed E-state index contributed by atoms with van der Waals surface area (Å²) in [7, 11) is 1.65. The molecule has 2 heterocycles. The van der Waals surface area contributed by atoms with Crippen molar-refractivity contribution >= 4 is 28.5 Å². The predicted octanol–water partition coefficient (Wildman–Crippen LogP) is 2.84. The first kappa shape index (κ1) is 17.8. The minimum atomic E-state index is -0.847. The number of carboxylic acids is 1. The van der Waals surface area contributed by atoms with E-state index < -0.39 is 5.97 Å². The van der Waals surface area contributed by atoms with E-state index in [1.807, 2.05) is 24.4 Å². The fourth-order valence-corrected chi connectivity index (χ4v) is 3.14.